The molecule has 2 N–H and O–H groups in total. The number of thiophene rings is 1. The number of nitrogens with zero attached hydrogens (tertiary/aromatic N) is 3. The molecule has 0 aliphatic carbocycles. The van der Waals surface area contributed by atoms with Gasteiger partial charge in [0, 0.05) is 20.1 Å². The zero-order valence-electron chi connectivity index (χ0n) is 12.3. The number of nitriles is 1. The summed E-state index contributed by atoms with van der Waals surface area (Å²) in [6.07, 6.45) is 0. The predicted octanol–water partition coefficient (Wildman–Crippen LogP) is 1.38. The van der Waals surface area contributed by atoms with E-state index >= 15 is 0 Å². The van der Waals surface area contributed by atoms with Crippen LogP contribution in [0, 0.1) is 11.3 Å². The van der Waals surface area contributed by atoms with Crippen molar-refractivity contribution in [1.29, 1.82) is 5.26 Å². The van der Waals surface area contributed by atoms with Crippen molar-refractivity contribution < 1.29 is 9.53 Å². The Kier molecular flexibility index (Phi) is 5.80. The smallest absolute Gasteiger partial charge is 0.343 e. The van der Waals surface area contributed by atoms with E-state index in [9.17, 15) is 4.79 Å². The van der Waals surface area contributed by atoms with Gasteiger partial charge in [-0.1, -0.05) is 0 Å². The number of hydrogen-bond acceptors (Lipinski definition) is 7. The molecule has 0 radical (unpaired) electrons. The third-order valence-corrected chi connectivity index (χ3v) is 3.96. The number of carbonyl (C=O) groups is 1. The number of likely N-dealkylation sites (N-methyl/N-ethyl adjacent to an activating group) is 2. The minimum absolute atomic E-state index is 0.211. The van der Waals surface area contributed by atoms with E-state index in [4.69, 9.17) is 15.7 Å². The fourth-order valence-electron chi connectivity index (χ4n) is 1.64. The van der Waals surface area contributed by atoms with Gasteiger partial charge < -0.3 is 20.3 Å². The number of esters is 1. The van der Waals surface area contributed by atoms with Crippen molar-refractivity contribution in [2.75, 3.05) is 51.5 Å². The summed E-state index contributed by atoms with van der Waals surface area (Å²) in [5, 5.41) is 9.75. The van der Waals surface area contributed by atoms with Crippen LogP contribution in [0.15, 0.2) is 0 Å². The third-order valence-electron chi connectivity index (χ3n) is 2.74. The van der Waals surface area contributed by atoms with Gasteiger partial charge in [-0.05, 0) is 21.0 Å². The second-order valence-electron chi connectivity index (χ2n) is 4.58. The SMILES string of the molecule is CCOC(=O)c1c(N(C)CCN(C)C)sc(C#N)c1N. The maximum Gasteiger partial charge on any atom is 0.343 e. The summed E-state index contributed by atoms with van der Waals surface area (Å²) < 4.78 is 5.02. The first-order valence-corrected chi connectivity index (χ1v) is 7.09. The number of rotatable bonds is 6. The van der Waals surface area contributed by atoms with Crippen LogP contribution in [0.4, 0.5) is 10.7 Å². The van der Waals surface area contributed by atoms with Crippen molar-refractivity contribution in [1.82, 2.24) is 4.90 Å². The summed E-state index contributed by atoms with van der Waals surface area (Å²) in [6.45, 7) is 3.57. The van der Waals surface area contributed by atoms with Gasteiger partial charge in [-0.2, -0.15) is 5.26 Å². The van der Waals surface area contributed by atoms with Crippen LogP contribution in [-0.4, -0.2) is 51.7 Å². The zero-order valence-corrected chi connectivity index (χ0v) is 13.1. The molecular formula is C13H20N4O2S. The van der Waals surface area contributed by atoms with Crippen LogP contribution in [0.1, 0.15) is 22.2 Å². The monoisotopic (exact) mass is 296 g/mol. The molecule has 0 fully saturated rings. The van der Waals surface area contributed by atoms with Gasteiger partial charge >= 0.3 is 5.97 Å². The lowest BCUT2D eigenvalue weighted by Crippen LogP contribution is -2.29. The third kappa shape index (κ3) is 3.62. The Labute approximate surface area is 123 Å². The Bertz CT molecular complexity index is 519. The maximum absolute atomic E-state index is 12.0. The van der Waals surface area contributed by atoms with Gasteiger partial charge in [-0.15, -0.1) is 11.3 Å². The van der Waals surface area contributed by atoms with E-state index in [0.717, 1.165) is 13.1 Å². The maximum atomic E-state index is 12.0. The molecule has 0 aromatic carbocycles. The highest BCUT2D eigenvalue weighted by atomic mass is 32.1. The average Bonchev–Trinajstić information content (AvgIpc) is 2.73. The van der Waals surface area contributed by atoms with E-state index in [-0.39, 0.29) is 12.3 Å². The van der Waals surface area contributed by atoms with Gasteiger partial charge in [0.25, 0.3) is 0 Å². The van der Waals surface area contributed by atoms with Crippen LogP contribution in [-0.2, 0) is 4.74 Å². The number of nitrogen functional groups attached to an aromatic ring is 1. The minimum atomic E-state index is -0.477. The van der Waals surface area contributed by atoms with Crippen LogP contribution < -0.4 is 10.6 Å². The summed E-state index contributed by atoms with van der Waals surface area (Å²) >= 11 is 1.22. The van der Waals surface area contributed by atoms with Gasteiger partial charge in [0.05, 0.1) is 12.3 Å². The first-order chi connectivity index (χ1) is 9.42. The molecule has 1 heterocycles. The summed E-state index contributed by atoms with van der Waals surface area (Å²) in [5.74, 6) is -0.477. The molecule has 110 valence electrons. The van der Waals surface area contributed by atoms with E-state index in [1.165, 1.54) is 11.3 Å². The van der Waals surface area contributed by atoms with Gasteiger partial charge in [0.1, 0.15) is 21.5 Å². The molecule has 0 saturated carbocycles. The molecule has 0 amide bonds. The van der Waals surface area contributed by atoms with Crippen LogP contribution in [0.25, 0.3) is 0 Å². The van der Waals surface area contributed by atoms with E-state index < -0.39 is 5.97 Å². The minimum Gasteiger partial charge on any atom is -0.462 e. The Morgan fingerprint density at radius 3 is 2.55 bits per heavy atom. The number of hydrogen-bond donors (Lipinski definition) is 1. The molecule has 0 spiro atoms. The first kappa shape index (κ1) is 16.3. The number of anilines is 2. The highest BCUT2D eigenvalue weighted by Gasteiger charge is 2.25. The largest absolute Gasteiger partial charge is 0.462 e. The Hall–Kier alpha value is -1.78. The van der Waals surface area contributed by atoms with Crippen molar-refractivity contribution in [3.05, 3.63) is 10.4 Å². The molecule has 0 bridgehead atoms. The molecule has 0 atom stereocenters. The number of ether oxygens (including phenoxy) is 1. The molecule has 6 nitrogen and oxygen atoms in total. The fraction of sp³-hybridized carbons (Fsp3) is 0.538. The predicted molar refractivity (Wildman–Crippen MR) is 81.2 cm³/mol. The lowest BCUT2D eigenvalue weighted by Gasteiger charge is -2.21. The van der Waals surface area contributed by atoms with Gasteiger partial charge in [0.2, 0.25) is 0 Å². The molecule has 1 aromatic heterocycles. The first-order valence-electron chi connectivity index (χ1n) is 6.27. The van der Waals surface area contributed by atoms with E-state index in [1.54, 1.807) is 6.92 Å². The Balaban J connectivity index is 3.11. The average molecular weight is 296 g/mol. The lowest BCUT2D eigenvalue weighted by atomic mass is 10.2. The molecular weight excluding hydrogens is 276 g/mol. The summed E-state index contributed by atoms with van der Waals surface area (Å²) in [7, 11) is 5.83. The standard InChI is InChI=1S/C13H20N4O2S/c1-5-19-13(18)10-11(15)9(8-14)20-12(10)17(4)7-6-16(2)3/h5-7,15H2,1-4H3. The van der Waals surface area contributed by atoms with Crippen LogP contribution in [0.3, 0.4) is 0 Å². The second-order valence-corrected chi connectivity index (χ2v) is 5.58. The topological polar surface area (TPSA) is 82.6 Å². The van der Waals surface area contributed by atoms with Gasteiger partial charge in [0.15, 0.2) is 0 Å². The molecule has 1 aromatic rings. The molecule has 1 rings (SSSR count). The molecule has 0 aliphatic rings. The van der Waals surface area contributed by atoms with Crippen LogP contribution in [0.2, 0.25) is 0 Å². The van der Waals surface area contributed by atoms with Crippen molar-refractivity contribution >= 4 is 28.0 Å². The van der Waals surface area contributed by atoms with Crippen molar-refractivity contribution in [3.8, 4) is 6.07 Å². The zero-order chi connectivity index (χ0) is 15.3. The highest BCUT2D eigenvalue weighted by Crippen LogP contribution is 2.37. The molecule has 20 heavy (non-hydrogen) atoms. The number of nitrogens with two attached hydrogens (primary N) is 1. The Morgan fingerprint density at radius 1 is 1.40 bits per heavy atom. The van der Waals surface area contributed by atoms with Crippen LogP contribution >= 0.6 is 11.3 Å². The fourth-order valence-corrected chi connectivity index (χ4v) is 2.63. The van der Waals surface area contributed by atoms with Gasteiger partial charge in [-0.3, -0.25) is 0 Å². The molecule has 0 unspecified atom stereocenters. The van der Waals surface area contributed by atoms with Crippen LogP contribution in [0.5, 0.6) is 0 Å². The quantitative estimate of drug-likeness (QED) is 0.799. The van der Waals surface area contributed by atoms with Crippen molar-refractivity contribution in [2.24, 2.45) is 0 Å². The van der Waals surface area contributed by atoms with Crippen molar-refractivity contribution in [2.45, 2.75) is 6.92 Å². The summed E-state index contributed by atoms with van der Waals surface area (Å²) in [5.41, 5.74) is 6.40. The second kappa shape index (κ2) is 7.12. The highest BCUT2D eigenvalue weighted by molar-refractivity contribution is 7.17. The number of carbonyl (C=O) groups excluding carboxylic acids is 1. The summed E-state index contributed by atoms with van der Waals surface area (Å²) in [6, 6.07) is 2.02. The Morgan fingerprint density at radius 2 is 2.05 bits per heavy atom. The van der Waals surface area contributed by atoms with Gasteiger partial charge in [-0.25, -0.2) is 4.79 Å². The molecule has 0 aliphatic heterocycles. The lowest BCUT2D eigenvalue weighted by molar-refractivity contribution is 0.0529. The summed E-state index contributed by atoms with van der Waals surface area (Å²) in [4.78, 5) is 16.3. The van der Waals surface area contributed by atoms with Crippen molar-refractivity contribution in [3.63, 3.8) is 0 Å². The normalized spacial score (nSPS) is 10.4. The molecule has 0 saturated heterocycles. The molecule has 7 heteroatoms. The van der Waals surface area contributed by atoms with E-state index in [2.05, 4.69) is 0 Å². The van der Waals surface area contributed by atoms with E-state index in [1.807, 2.05) is 37.0 Å². The van der Waals surface area contributed by atoms with E-state index in [0.29, 0.717) is 15.4 Å².